The van der Waals surface area contributed by atoms with Crippen LogP contribution in [0.2, 0.25) is 0 Å². The van der Waals surface area contributed by atoms with Gasteiger partial charge in [-0.1, -0.05) is 30.0 Å². The number of thioether (sulfide) groups is 1. The first-order valence-electron chi connectivity index (χ1n) is 6.49. The van der Waals surface area contributed by atoms with Crippen molar-refractivity contribution in [3.8, 4) is 0 Å². The summed E-state index contributed by atoms with van der Waals surface area (Å²) in [5, 5.41) is 22.5. The molecular formula is C12H21N3OS2. The van der Waals surface area contributed by atoms with Gasteiger partial charge in [0.2, 0.25) is 0 Å². The van der Waals surface area contributed by atoms with Gasteiger partial charge in [-0.15, -0.1) is 10.2 Å². The van der Waals surface area contributed by atoms with E-state index >= 15 is 0 Å². The Morgan fingerprint density at radius 1 is 1.50 bits per heavy atom. The number of aliphatic hydroxyl groups excluding tert-OH is 1. The third kappa shape index (κ3) is 3.44. The minimum Gasteiger partial charge on any atom is -0.394 e. The van der Waals surface area contributed by atoms with Crippen molar-refractivity contribution in [3.05, 3.63) is 5.01 Å². The normalized spacial score (nSPS) is 18.8. The van der Waals surface area contributed by atoms with Crippen LogP contribution in [0, 0.1) is 12.8 Å². The fraction of sp³-hybridized carbons (Fsp3) is 0.833. The van der Waals surface area contributed by atoms with E-state index in [1.807, 2.05) is 6.92 Å². The Hall–Kier alpha value is -0.170. The molecule has 0 aliphatic heterocycles. The van der Waals surface area contributed by atoms with Crippen molar-refractivity contribution in [2.24, 2.45) is 5.92 Å². The molecule has 1 aromatic heterocycles. The SMILES string of the molecule is CCCNC(CO)(CSc1nnc(C)s1)C1CC1. The minimum atomic E-state index is -0.125. The molecule has 1 saturated carbocycles. The van der Waals surface area contributed by atoms with Gasteiger partial charge in [-0.3, -0.25) is 0 Å². The highest BCUT2D eigenvalue weighted by Gasteiger charge is 2.44. The van der Waals surface area contributed by atoms with Gasteiger partial charge in [0.1, 0.15) is 5.01 Å². The molecule has 0 spiro atoms. The maximum atomic E-state index is 9.79. The van der Waals surface area contributed by atoms with Crippen molar-refractivity contribution in [1.82, 2.24) is 15.5 Å². The van der Waals surface area contributed by atoms with E-state index in [1.165, 1.54) is 12.8 Å². The van der Waals surface area contributed by atoms with E-state index in [9.17, 15) is 5.11 Å². The molecule has 2 rings (SSSR count). The predicted octanol–water partition coefficient (Wildman–Crippen LogP) is 2.08. The van der Waals surface area contributed by atoms with E-state index in [1.54, 1.807) is 23.1 Å². The van der Waals surface area contributed by atoms with Crippen LogP contribution in [0.5, 0.6) is 0 Å². The van der Waals surface area contributed by atoms with Crippen molar-refractivity contribution >= 4 is 23.1 Å². The molecule has 1 atom stereocenters. The van der Waals surface area contributed by atoms with Crippen LogP contribution < -0.4 is 5.32 Å². The molecule has 1 heterocycles. The second-order valence-electron chi connectivity index (χ2n) is 4.89. The van der Waals surface area contributed by atoms with Gasteiger partial charge in [0.25, 0.3) is 0 Å². The summed E-state index contributed by atoms with van der Waals surface area (Å²) in [6.45, 7) is 5.30. The van der Waals surface area contributed by atoms with Crippen LogP contribution in [0.15, 0.2) is 4.34 Å². The number of nitrogens with zero attached hydrogens (tertiary/aromatic N) is 2. The van der Waals surface area contributed by atoms with E-state index < -0.39 is 0 Å². The Morgan fingerprint density at radius 2 is 2.28 bits per heavy atom. The molecule has 102 valence electrons. The van der Waals surface area contributed by atoms with Crippen molar-refractivity contribution < 1.29 is 5.11 Å². The third-order valence-corrected chi connectivity index (χ3v) is 5.55. The lowest BCUT2D eigenvalue weighted by Gasteiger charge is -2.33. The third-order valence-electron chi connectivity index (χ3n) is 3.33. The molecule has 1 aliphatic rings. The highest BCUT2D eigenvalue weighted by molar-refractivity contribution is 8.01. The van der Waals surface area contributed by atoms with E-state index in [0.29, 0.717) is 5.92 Å². The second-order valence-corrected chi connectivity index (χ2v) is 7.30. The average Bonchev–Trinajstić information content (AvgIpc) is 3.14. The fourth-order valence-electron chi connectivity index (χ4n) is 2.08. The largest absolute Gasteiger partial charge is 0.394 e. The summed E-state index contributed by atoms with van der Waals surface area (Å²) in [5.74, 6) is 1.50. The van der Waals surface area contributed by atoms with Gasteiger partial charge < -0.3 is 10.4 Å². The van der Waals surface area contributed by atoms with Gasteiger partial charge >= 0.3 is 0 Å². The van der Waals surface area contributed by atoms with Gasteiger partial charge in [0, 0.05) is 5.75 Å². The average molecular weight is 287 g/mol. The number of rotatable bonds is 8. The zero-order chi connectivity index (χ0) is 13.0. The van der Waals surface area contributed by atoms with Crippen LogP contribution in [-0.4, -0.2) is 39.7 Å². The van der Waals surface area contributed by atoms with E-state index in [-0.39, 0.29) is 12.1 Å². The summed E-state index contributed by atoms with van der Waals surface area (Å²) in [5.41, 5.74) is -0.125. The molecule has 6 heteroatoms. The lowest BCUT2D eigenvalue weighted by atomic mass is 9.96. The Morgan fingerprint density at radius 3 is 2.78 bits per heavy atom. The molecule has 1 aromatic rings. The Labute approximate surface area is 117 Å². The molecule has 0 radical (unpaired) electrons. The molecule has 0 aromatic carbocycles. The Balaban J connectivity index is 1.95. The summed E-state index contributed by atoms with van der Waals surface area (Å²) >= 11 is 3.34. The number of nitrogens with one attached hydrogen (secondary N) is 1. The molecule has 1 fully saturated rings. The summed E-state index contributed by atoms with van der Waals surface area (Å²) in [6.07, 6.45) is 3.55. The number of aryl methyl sites for hydroxylation is 1. The molecule has 1 aliphatic carbocycles. The Kier molecular flexibility index (Phi) is 5.00. The van der Waals surface area contributed by atoms with Gasteiger partial charge in [-0.05, 0) is 38.6 Å². The van der Waals surface area contributed by atoms with E-state index in [4.69, 9.17) is 0 Å². The number of hydrogen-bond acceptors (Lipinski definition) is 6. The van der Waals surface area contributed by atoms with Gasteiger partial charge in [-0.25, -0.2) is 0 Å². The molecule has 0 bridgehead atoms. The van der Waals surface area contributed by atoms with Crippen molar-refractivity contribution in [2.45, 2.75) is 43.0 Å². The fourth-order valence-corrected chi connectivity index (χ4v) is 4.18. The number of aliphatic hydroxyl groups is 1. The van der Waals surface area contributed by atoms with Crippen molar-refractivity contribution in [3.63, 3.8) is 0 Å². The monoisotopic (exact) mass is 287 g/mol. The maximum Gasteiger partial charge on any atom is 0.174 e. The standard InChI is InChI=1S/C12H21N3OS2/c1-3-6-13-12(7-16,10-4-5-10)8-17-11-15-14-9(2)18-11/h10,13,16H,3-8H2,1-2H3. The van der Waals surface area contributed by atoms with Crippen LogP contribution in [0.4, 0.5) is 0 Å². The van der Waals surface area contributed by atoms with Gasteiger partial charge in [-0.2, -0.15) is 0 Å². The summed E-state index contributed by atoms with van der Waals surface area (Å²) < 4.78 is 1.00. The molecule has 0 amide bonds. The second kappa shape index (κ2) is 6.32. The highest BCUT2D eigenvalue weighted by Crippen LogP contribution is 2.42. The first kappa shape index (κ1) is 14.2. The predicted molar refractivity (Wildman–Crippen MR) is 76.2 cm³/mol. The van der Waals surface area contributed by atoms with Gasteiger partial charge in [0.15, 0.2) is 4.34 Å². The maximum absolute atomic E-state index is 9.79. The number of hydrogen-bond donors (Lipinski definition) is 2. The summed E-state index contributed by atoms with van der Waals surface area (Å²) in [6, 6.07) is 0. The smallest absolute Gasteiger partial charge is 0.174 e. The molecule has 1 unspecified atom stereocenters. The van der Waals surface area contributed by atoms with Gasteiger partial charge in [0.05, 0.1) is 12.1 Å². The zero-order valence-corrected chi connectivity index (χ0v) is 12.6. The lowest BCUT2D eigenvalue weighted by molar-refractivity contribution is 0.159. The highest BCUT2D eigenvalue weighted by atomic mass is 32.2. The first-order chi connectivity index (χ1) is 8.70. The summed E-state index contributed by atoms with van der Waals surface area (Å²) in [4.78, 5) is 0. The van der Waals surface area contributed by atoms with Crippen LogP contribution >= 0.6 is 23.1 Å². The topological polar surface area (TPSA) is 58.0 Å². The zero-order valence-electron chi connectivity index (χ0n) is 11.0. The van der Waals surface area contributed by atoms with Crippen LogP contribution in [0.1, 0.15) is 31.2 Å². The molecule has 0 saturated heterocycles. The summed E-state index contributed by atoms with van der Waals surface area (Å²) in [7, 11) is 0. The van der Waals surface area contributed by atoms with Crippen LogP contribution in [0.3, 0.4) is 0 Å². The lowest BCUT2D eigenvalue weighted by Crippen LogP contribution is -2.53. The van der Waals surface area contributed by atoms with Crippen molar-refractivity contribution in [1.29, 1.82) is 0 Å². The molecule has 4 nitrogen and oxygen atoms in total. The molecule has 2 N–H and O–H groups in total. The van der Waals surface area contributed by atoms with Crippen LogP contribution in [0.25, 0.3) is 0 Å². The number of aromatic nitrogens is 2. The first-order valence-corrected chi connectivity index (χ1v) is 8.29. The minimum absolute atomic E-state index is 0.125. The Bertz CT molecular complexity index is 381. The van der Waals surface area contributed by atoms with E-state index in [0.717, 1.165) is 28.1 Å². The van der Waals surface area contributed by atoms with Crippen LogP contribution in [-0.2, 0) is 0 Å². The van der Waals surface area contributed by atoms with E-state index in [2.05, 4.69) is 22.4 Å². The quantitative estimate of drug-likeness (QED) is 0.717. The molecule has 18 heavy (non-hydrogen) atoms. The molecular weight excluding hydrogens is 266 g/mol. The van der Waals surface area contributed by atoms with Crippen molar-refractivity contribution in [2.75, 3.05) is 18.9 Å².